The van der Waals surface area contributed by atoms with Crippen LogP contribution < -0.4 is 4.90 Å². The van der Waals surface area contributed by atoms with Crippen LogP contribution in [0.5, 0.6) is 0 Å². The summed E-state index contributed by atoms with van der Waals surface area (Å²) in [5.41, 5.74) is 1.31. The van der Waals surface area contributed by atoms with Crippen LogP contribution in [0.3, 0.4) is 0 Å². The molecule has 1 aliphatic rings. The van der Waals surface area contributed by atoms with Crippen molar-refractivity contribution in [3.8, 4) is 0 Å². The van der Waals surface area contributed by atoms with Gasteiger partial charge in [-0.05, 0) is 38.8 Å². The molecule has 2 nitrogen and oxygen atoms in total. The monoisotopic (exact) mass is 314 g/mol. The lowest BCUT2D eigenvalue weighted by Gasteiger charge is -2.35. The molecule has 1 aromatic rings. The van der Waals surface area contributed by atoms with E-state index in [4.69, 9.17) is 0 Å². The minimum Gasteiger partial charge on any atom is -0.353 e. The zero-order valence-electron chi connectivity index (χ0n) is 15.2. The first kappa shape index (κ1) is 17.9. The van der Waals surface area contributed by atoms with Crippen LogP contribution in [0.1, 0.15) is 72.1 Å². The number of unbranched alkanes of at least 4 members (excludes halogenated alkanes) is 6. The van der Waals surface area contributed by atoms with Gasteiger partial charge in [-0.1, -0.05) is 63.6 Å². The Bertz CT molecular complexity index is 452. The zero-order valence-corrected chi connectivity index (χ0v) is 15.2. The lowest BCUT2D eigenvalue weighted by Crippen LogP contribution is -2.42. The quantitative estimate of drug-likeness (QED) is 0.477. The van der Waals surface area contributed by atoms with Crippen LogP contribution in [-0.4, -0.2) is 17.1 Å². The molecule has 23 heavy (non-hydrogen) atoms. The summed E-state index contributed by atoms with van der Waals surface area (Å²) in [5.74, 6) is 0. The number of benzene rings is 1. The second-order valence-corrected chi connectivity index (χ2v) is 6.97. The van der Waals surface area contributed by atoms with Crippen LogP contribution in [0.15, 0.2) is 42.7 Å². The van der Waals surface area contributed by atoms with E-state index < -0.39 is 0 Å². The number of hydrogen-bond donors (Lipinski definition) is 0. The van der Waals surface area contributed by atoms with Gasteiger partial charge in [0.25, 0.3) is 0 Å². The Hall–Kier alpha value is -1.44. The third-order valence-electron chi connectivity index (χ3n) is 4.78. The molecule has 1 heterocycles. The van der Waals surface area contributed by atoms with E-state index in [9.17, 15) is 0 Å². The fourth-order valence-corrected chi connectivity index (χ4v) is 3.44. The molecule has 0 aliphatic carbocycles. The van der Waals surface area contributed by atoms with E-state index in [1.807, 2.05) is 0 Å². The summed E-state index contributed by atoms with van der Waals surface area (Å²) in [5, 5.41) is 0. The summed E-state index contributed by atoms with van der Waals surface area (Å²) in [6, 6.07) is 11.3. The van der Waals surface area contributed by atoms with Crippen LogP contribution in [0, 0.1) is 0 Å². The molecular weight excluding hydrogens is 280 g/mol. The first-order valence-corrected chi connectivity index (χ1v) is 9.53. The summed E-state index contributed by atoms with van der Waals surface area (Å²) < 4.78 is 0. The summed E-state index contributed by atoms with van der Waals surface area (Å²) in [7, 11) is 0. The van der Waals surface area contributed by atoms with Crippen molar-refractivity contribution in [2.24, 2.45) is 0 Å². The molecule has 1 atom stereocenters. The van der Waals surface area contributed by atoms with Crippen molar-refractivity contribution in [3.05, 3.63) is 42.7 Å². The molecule has 2 heteroatoms. The highest BCUT2D eigenvalue weighted by Gasteiger charge is 2.28. The highest BCUT2D eigenvalue weighted by Crippen LogP contribution is 2.29. The molecule has 1 aliphatic heterocycles. The van der Waals surface area contributed by atoms with Crippen molar-refractivity contribution >= 4 is 5.69 Å². The molecular formula is C21H34N2. The summed E-state index contributed by atoms with van der Waals surface area (Å²) in [6.07, 6.45) is 15.9. The fourth-order valence-electron chi connectivity index (χ4n) is 3.44. The van der Waals surface area contributed by atoms with E-state index in [1.165, 1.54) is 57.1 Å². The second-order valence-electron chi connectivity index (χ2n) is 6.97. The minimum atomic E-state index is 0.480. The van der Waals surface area contributed by atoms with Crippen LogP contribution in [0.25, 0.3) is 0 Å². The predicted molar refractivity (Wildman–Crippen MR) is 101 cm³/mol. The van der Waals surface area contributed by atoms with E-state index in [0.717, 1.165) is 0 Å². The zero-order chi connectivity index (χ0) is 16.5. The third-order valence-corrected chi connectivity index (χ3v) is 4.78. The molecule has 0 amide bonds. The topological polar surface area (TPSA) is 6.48 Å². The van der Waals surface area contributed by atoms with Crippen molar-refractivity contribution in [2.45, 2.75) is 84.3 Å². The first-order valence-electron chi connectivity index (χ1n) is 9.53. The van der Waals surface area contributed by atoms with E-state index in [1.54, 1.807) is 0 Å². The largest absolute Gasteiger partial charge is 0.353 e. The fraction of sp³-hybridized carbons (Fsp3) is 0.619. The Kier molecular flexibility index (Phi) is 7.51. The van der Waals surface area contributed by atoms with Gasteiger partial charge in [-0.25, -0.2) is 0 Å². The minimum absolute atomic E-state index is 0.480. The average Bonchev–Trinajstić information content (AvgIpc) is 2.99. The van der Waals surface area contributed by atoms with Crippen LogP contribution in [0.2, 0.25) is 0 Å². The van der Waals surface area contributed by atoms with Crippen molar-refractivity contribution < 1.29 is 0 Å². The van der Waals surface area contributed by atoms with E-state index >= 15 is 0 Å². The average molecular weight is 315 g/mol. The number of rotatable bonds is 10. The van der Waals surface area contributed by atoms with E-state index in [2.05, 4.69) is 73.3 Å². The Morgan fingerprint density at radius 2 is 1.52 bits per heavy atom. The maximum atomic E-state index is 2.50. The van der Waals surface area contributed by atoms with Gasteiger partial charge in [-0.15, -0.1) is 0 Å². The number of nitrogens with zero attached hydrogens (tertiary/aromatic N) is 2. The van der Waals surface area contributed by atoms with Gasteiger partial charge in [0.2, 0.25) is 0 Å². The lowest BCUT2D eigenvalue weighted by atomic mass is 10.1. The molecule has 0 aromatic heterocycles. The van der Waals surface area contributed by atoms with Crippen molar-refractivity contribution in [2.75, 3.05) is 4.90 Å². The number of hydrogen-bond acceptors (Lipinski definition) is 2. The molecule has 0 bridgehead atoms. The summed E-state index contributed by atoms with van der Waals surface area (Å²) in [4.78, 5) is 4.95. The molecule has 0 saturated heterocycles. The molecule has 0 radical (unpaired) electrons. The van der Waals surface area contributed by atoms with Gasteiger partial charge < -0.3 is 9.80 Å². The Balaban J connectivity index is 1.84. The van der Waals surface area contributed by atoms with Crippen LogP contribution in [0.4, 0.5) is 5.69 Å². The van der Waals surface area contributed by atoms with E-state index in [0.29, 0.717) is 12.2 Å². The lowest BCUT2D eigenvalue weighted by molar-refractivity contribution is 0.233. The van der Waals surface area contributed by atoms with Crippen molar-refractivity contribution in [1.82, 2.24) is 4.90 Å². The summed E-state index contributed by atoms with van der Waals surface area (Å²) >= 11 is 0. The molecule has 0 spiro atoms. The van der Waals surface area contributed by atoms with Gasteiger partial charge in [0, 0.05) is 24.1 Å². The van der Waals surface area contributed by atoms with Gasteiger partial charge in [0.1, 0.15) is 6.17 Å². The Morgan fingerprint density at radius 3 is 2.17 bits per heavy atom. The maximum Gasteiger partial charge on any atom is 0.106 e. The van der Waals surface area contributed by atoms with Gasteiger partial charge in [-0.2, -0.15) is 0 Å². The van der Waals surface area contributed by atoms with Crippen molar-refractivity contribution in [1.29, 1.82) is 0 Å². The molecule has 1 unspecified atom stereocenters. The SMILES string of the molecule is CCCCCCCCCC1N(c2ccccc2)C=CN1C(C)C. The maximum absolute atomic E-state index is 2.50. The number of para-hydroxylation sites is 1. The van der Waals surface area contributed by atoms with Gasteiger partial charge in [-0.3, -0.25) is 0 Å². The van der Waals surface area contributed by atoms with Crippen LogP contribution in [-0.2, 0) is 0 Å². The van der Waals surface area contributed by atoms with Gasteiger partial charge in [0.15, 0.2) is 0 Å². The number of anilines is 1. The predicted octanol–water partition coefficient (Wildman–Crippen LogP) is 6.16. The third kappa shape index (κ3) is 5.30. The molecule has 1 aromatic carbocycles. The molecule has 0 saturated carbocycles. The Labute approximate surface area is 143 Å². The Morgan fingerprint density at radius 1 is 0.870 bits per heavy atom. The highest BCUT2D eigenvalue weighted by atomic mass is 15.4. The van der Waals surface area contributed by atoms with E-state index in [-0.39, 0.29) is 0 Å². The summed E-state index contributed by atoms with van der Waals surface area (Å²) in [6.45, 7) is 6.86. The standard InChI is InChI=1S/C21H34N2/c1-4-5-6-7-8-9-13-16-21-22(19(2)3)17-18-23(21)20-14-11-10-12-15-20/h10-12,14-15,17-19,21H,4-9,13,16H2,1-3H3. The normalized spacial score (nSPS) is 17.5. The van der Waals surface area contributed by atoms with Gasteiger partial charge >= 0.3 is 0 Å². The molecule has 128 valence electrons. The van der Waals surface area contributed by atoms with Crippen LogP contribution >= 0.6 is 0 Å². The van der Waals surface area contributed by atoms with Crippen molar-refractivity contribution in [3.63, 3.8) is 0 Å². The first-order chi connectivity index (χ1) is 11.2. The smallest absolute Gasteiger partial charge is 0.106 e. The highest BCUT2D eigenvalue weighted by molar-refractivity contribution is 5.51. The second kappa shape index (κ2) is 9.64. The van der Waals surface area contributed by atoms with Gasteiger partial charge in [0.05, 0.1) is 0 Å². The molecule has 0 N–H and O–H groups in total. The molecule has 0 fully saturated rings. The molecule has 2 rings (SSSR count).